The van der Waals surface area contributed by atoms with Crippen molar-refractivity contribution < 1.29 is 18.0 Å². The Kier molecular flexibility index (Phi) is 6.21. The van der Waals surface area contributed by atoms with E-state index in [0.29, 0.717) is 24.7 Å². The van der Waals surface area contributed by atoms with Gasteiger partial charge in [-0.25, -0.2) is 4.98 Å². The molecule has 0 aliphatic carbocycles. The lowest BCUT2D eigenvalue weighted by atomic mass is 9.94. The number of hydrogen-bond acceptors (Lipinski definition) is 8. The lowest BCUT2D eigenvalue weighted by molar-refractivity contribution is -0.137. The smallest absolute Gasteiger partial charge is 0.324 e. The van der Waals surface area contributed by atoms with Gasteiger partial charge in [0.15, 0.2) is 0 Å². The molecule has 0 bridgehead atoms. The van der Waals surface area contributed by atoms with Crippen LogP contribution in [0.5, 0.6) is 0 Å². The van der Waals surface area contributed by atoms with Crippen molar-refractivity contribution in [3.8, 4) is 0 Å². The minimum absolute atomic E-state index is 0.331. The summed E-state index contributed by atoms with van der Waals surface area (Å²) in [7, 11) is 0. The van der Waals surface area contributed by atoms with Crippen LogP contribution >= 0.6 is 0 Å². The second-order valence-corrected chi connectivity index (χ2v) is 9.16. The van der Waals surface area contributed by atoms with Gasteiger partial charge in [0.25, 0.3) is 5.91 Å². The molecule has 0 radical (unpaired) electrons. The first kappa shape index (κ1) is 25.2. The van der Waals surface area contributed by atoms with Crippen molar-refractivity contribution in [3.63, 3.8) is 0 Å². The summed E-state index contributed by atoms with van der Waals surface area (Å²) in [5, 5.41) is 5.85. The van der Waals surface area contributed by atoms with Gasteiger partial charge in [-0.15, -0.1) is 0 Å². The molecule has 0 unspecified atom stereocenters. The molecule has 2 aliphatic rings. The largest absolute Gasteiger partial charge is 0.416 e. The summed E-state index contributed by atoms with van der Waals surface area (Å²) in [5.74, 6) is 1.17. The van der Waals surface area contributed by atoms with Crippen molar-refractivity contribution in [2.24, 2.45) is 4.99 Å². The minimum atomic E-state index is -4.58. The number of fused-ring (bicyclic) bond motifs is 3. The highest BCUT2D eigenvalue weighted by Gasteiger charge is 2.32. The zero-order chi connectivity index (χ0) is 27.9. The Morgan fingerprint density at radius 2 is 1.82 bits per heavy atom. The van der Waals surface area contributed by atoms with Crippen LogP contribution in [0.1, 0.15) is 32.7 Å². The number of pyridine rings is 2. The van der Waals surface area contributed by atoms with E-state index in [4.69, 9.17) is 9.98 Å². The number of benzene rings is 1. The molecule has 1 amide bonds. The first-order valence-corrected chi connectivity index (χ1v) is 12.3. The molecule has 200 valence electrons. The quantitative estimate of drug-likeness (QED) is 0.349. The van der Waals surface area contributed by atoms with Gasteiger partial charge in [-0.3, -0.25) is 19.8 Å². The van der Waals surface area contributed by atoms with Crippen LogP contribution in [-0.4, -0.2) is 44.8 Å². The fourth-order valence-electron chi connectivity index (χ4n) is 4.54. The molecule has 0 fully saturated rings. The van der Waals surface area contributed by atoms with E-state index in [1.54, 1.807) is 30.7 Å². The normalized spacial score (nSPS) is 14.2. The van der Waals surface area contributed by atoms with Gasteiger partial charge in [0.2, 0.25) is 5.95 Å². The summed E-state index contributed by atoms with van der Waals surface area (Å²) in [5.41, 5.74) is 3.32. The number of aliphatic imine (C=N–C) groups is 1. The summed E-state index contributed by atoms with van der Waals surface area (Å²) >= 11 is 0. The highest BCUT2D eigenvalue weighted by molar-refractivity contribution is 6.36. The first-order chi connectivity index (χ1) is 19.3. The van der Waals surface area contributed by atoms with Gasteiger partial charge in [0.05, 0.1) is 12.1 Å². The molecular formula is C28H21F3N8O. The highest BCUT2D eigenvalue weighted by atomic mass is 19.4. The first-order valence-electron chi connectivity index (χ1n) is 12.3. The predicted octanol–water partition coefficient (Wildman–Crippen LogP) is 5.36. The second kappa shape index (κ2) is 9.88. The van der Waals surface area contributed by atoms with Crippen LogP contribution in [-0.2, 0) is 6.18 Å². The van der Waals surface area contributed by atoms with Crippen molar-refractivity contribution in [1.29, 1.82) is 0 Å². The Bertz CT molecular complexity index is 1680. The summed E-state index contributed by atoms with van der Waals surface area (Å²) in [6.07, 6.45) is 3.43. The molecule has 5 heterocycles. The molecule has 6 rings (SSSR count). The summed E-state index contributed by atoms with van der Waals surface area (Å²) in [4.78, 5) is 36.5. The Morgan fingerprint density at radius 3 is 2.62 bits per heavy atom. The highest BCUT2D eigenvalue weighted by Crippen LogP contribution is 2.37. The third-order valence-corrected chi connectivity index (χ3v) is 6.48. The Hall–Kier alpha value is -5.13. The topological polar surface area (TPSA) is 108 Å². The van der Waals surface area contributed by atoms with Gasteiger partial charge < -0.3 is 15.5 Å². The molecule has 2 aliphatic heterocycles. The van der Waals surface area contributed by atoms with Crippen LogP contribution in [0.4, 0.5) is 36.3 Å². The predicted molar refractivity (Wildman–Crippen MR) is 145 cm³/mol. The molecule has 2 N–H and O–H groups in total. The molecule has 4 aromatic rings. The number of rotatable bonds is 5. The van der Waals surface area contributed by atoms with E-state index in [-0.39, 0.29) is 5.69 Å². The maximum Gasteiger partial charge on any atom is 0.416 e. The zero-order valence-electron chi connectivity index (χ0n) is 21.1. The lowest BCUT2D eigenvalue weighted by Gasteiger charge is -2.28. The maximum absolute atomic E-state index is 13.1. The van der Waals surface area contributed by atoms with Crippen LogP contribution < -0.4 is 15.5 Å². The summed E-state index contributed by atoms with van der Waals surface area (Å²) in [6.45, 7) is 3.16. The van der Waals surface area contributed by atoms with Crippen LogP contribution in [0.2, 0.25) is 0 Å². The number of nitrogens with zero attached hydrogens (tertiary/aromatic N) is 6. The third-order valence-electron chi connectivity index (χ3n) is 6.48. The average Bonchev–Trinajstić information content (AvgIpc) is 3.45. The molecule has 9 nitrogen and oxygen atoms in total. The third kappa shape index (κ3) is 4.86. The Balaban J connectivity index is 1.31. The number of carbonyl (C=O) groups excluding carboxylic acids is 1. The van der Waals surface area contributed by atoms with E-state index < -0.39 is 17.6 Å². The molecular weight excluding hydrogens is 521 g/mol. The number of anilines is 4. The number of halogens is 3. The molecule has 3 aromatic heterocycles. The SMILES string of the molecule is Cc1ccc(NC(=O)c2cc(C(F)(F)F)ccn2)cc1C1=Cc2cnc(Nc3ccncc3)nc2N2CCN=C12. The van der Waals surface area contributed by atoms with E-state index in [2.05, 4.69) is 25.6 Å². The second-order valence-electron chi connectivity index (χ2n) is 9.16. The van der Waals surface area contributed by atoms with E-state index in [0.717, 1.165) is 57.9 Å². The molecule has 0 atom stereocenters. The molecule has 12 heteroatoms. The number of hydrogen-bond donors (Lipinski definition) is 2. The van der Waals surface area contributed by atoms with E-state index in [1.807, 2.05) is 36.1 Å². The zero-order valence-corrected chi connectivity index (χ0v) is 21.1. The monoisotopic (exact) mass is 542 g/mol. The Morgan fingerprint density at radius 1 is 1.00 bits per heavy atom. The van der Waals surface area contributed by atoms with Crippen molar-refractivity contribution in [2.45, 2.75) is 13.1 Å². The van der Waals surface area contributed by atoms with Gasteiger partial charge in [-0.2, -0.15) is 18.2 Å². The molecule has 40 heavy (non-hydrogen) atoms. The molecule has 0 spiro atoms. The minimum Gasteiger partial charge on any atom is -0.324 e. The maximum atomic E-state index is 13.1. The average molecular weight is 543 g/mol. The van der Waals surface area contributed by atoms with Crippen LogP contribution in [0, 0.1) is 6.92 Å². The number of nitrogens with one attached hydrogen (secondary N) is 2. The fraction of sp³-hybridized carbons (Fsp3) is 0.143. The number of amides is 1. The molecule has 0 saturated carbocycles. The molecule has 1 aromatic carbocycles. The van der Waals surface area contributed by atoms with Crippen molar-refractivity contribution in [2.75, 3.05) is 28.6 Å². The van der Waals surface area contributed by atoms with Crippen LogP contribution in [0.15, 0.2) is 72.2 Å². The lowest BCUT2D eigenvalue weighted by Crippen LogP contribution is -2.32. The van der Waals surface area contributed by atoms with Gasteiger partial charge in [-0.1, -0.05) is 6.07 Å². The van der Waals surface area contributed by atoms with Gasteiger partial charge >= 0.3 is 6.18 Å². The Labute approximate surface area is 226 Å². The van der Waals surface area contributed by atoms with Crippen molar-refractivity contribution >= 4 is 46.5 Å². The van der Waals surface area contributed by atoms with Gasteiger partial charge in [-0.05, 0) is 60.5 Å². The number of carbonyl (C=O) groups is 1. The summed E-state index contributed by atoms with van der Waals surface area (Å²) in [6, 6.07) is 10.5. The van der Waals surface area contributed by atoms with Gasteiger partial charge in [0, 0.05) is 53.8 Å². The summed E-state index contributed by atoms with van der Waals surface area (Å²) < 4.78 is 39.3. The van der Waals surface area contributed by atoms with E-state index in [1.165, 1.54) is 0 Å². The van der Waals surface area contributed by atoms with E-state index >= 15 is 0 Å². The van der Waals surface area contributed by atoms with Crippen molar-refractivity contribution in [3.05, 3.63) is 95.2 Å². The van der Waals surface area contributed by atoms with E-state index in [9.17, 15) is 18.0 Å². The number of aromatic nitrogens is 4. The fourth-order valence-corrected chi connectivity index (χ4v) is 4.54. The van der Waals surface area contributed by atoms with Gasteiger partial charge in [0.1, 0.15) is 17.3 Å². The van der Waals surface area contributed by atoms with Crippen LogP contribution in [0.3, 0.4) is 0 Å². The number of amidine groups is 1. The van der Waals surface area contributed by atoms with Crippen LogP contribution in [0.25, 0.3) is 11.6 Å². The van der Waals surface area contributed by atoms with Crippen molar-refractivity contribution in [1.82, 2.24) is 19.9 Å². The standard InChI is InChI=1S/C28H21F3N8O/c1-16-2-3-20(36-26(40)23-13-18(4-9-33-23)28(29,30)31)14-21(16)22-12-17-15-35-27(37-19-5-7-32-8-6-19)38-24(17)39-11-10-34-25(22)39/h2-9,12-15H,10-11H2,1H3,(H,36,40)(H,32,35,37,38). The molecule has 0 saturated heterocycles. The number of alkyl halides is 3. The number of aryl methyl sites for hydroxylation is 1.